The van der Waals surface area contributed by atoms with E-state index in [2.05, 4.69) is 15.5 Å². The van der Waals surface area contributed by atoms with Crippen molar-refractivity contribution >= 4 is 50.7 Å². The van der Waals surface area contributed by atoms with Gasteiger partial charge in [-0.05, 0) is 30.5 Å². The molecule has 4 aromatic rings. The molecule has 0 saturated carbocycles. The van der Waals surface area contributed by atoms with Crippen LogP contribution in [0.4, 0.5) is 14.5 Å². The van der Waals surface area contributed by atoms with Gasteiger partial charge in [-0.15, -0.1) is 21.5 Å². The van der Waals surface area contributed by atoms with Crippen molar-refractivity contribution in [3.63, 3.8) is 0 Å². The lowest BCUT2D eigenvalue weighted by atomic mass is 10.3. The highest BCUT2D eigenvalue weighted by atomic mass is 32.2. The van der Waals surface area contributed by atoms with Crippen LogP contribution in [0.1, 0.15) is 6.92 Å². The Morgan fingerprint density at radius 2 is 2.11 bits per heavy atom. The molecule has 1 amide bonds. The zero-order chi connectivity index (χ0) is 19.8. The van der Waals surface area contributed by atoms with Crippen LogP contribution >= 0.6 is 23.1 Å². The van der Waals surface area contributed by atoms with E-state index >= 15 is 0 Å². The third-order valence-corrected chi connectivity index (χ3v) is 5.85. The van der Waals surface area contributed by atoms with Crippen LogP contribution in [0, 0.1) is 11.6 Å². The lowest BCUT2D eigenvalue weighted by Gasteiger charge is -2.08. The Labute approximate surface area is 165 Å². The first-order valence-electron chi connectivity index (χ1n) is 8.22. The zero-order valence-corrected chi connectivity index (χ0v) is 16.1. The Hall–Kier alpha value is -2.79. The number of nitrogens with zero attached hydrogens (tertiary/aromatic N) is 4. The van der Waals surface area contributed by atoms with E-state index in [1.807, 2.05) is 6.92 Å². The molecule has 3 heterocycles. The van der Waals surface area contributed by atoms with Gasteiger partial charge in [-0.3, -0.25) is 18.6 Å². The maximum atomic E-state index is 13.7. The smallest absolute Gasteiger partial charge is 0.272 e. The SMILES string of the molecule is CCn1c(=O)c2sccc2n2c(SCC(=O)Nc3cc(F)ccc3F)nnc12. The molecule has 1 N–H and O–H groups in total. The topological polar surface area (TPSA) is 81.3 Å². The summed E-state index contributed by atoms with van der Waals surface area (Å²) < 4.78 is 30.7. The summed E-state index contributed by atoms with van der Waals surface area (Å²) >= 11 is 2.41. The Morgan fingerprint density at radius 1 is 1.29 bits per heavy atom. The number of rotatable bonds is 5. The van der Waals surface area contributed by atoms with Crippen molar-refractivity contribution in [2.24, 2.45) is 0 Å². The fraction of sp³-hybridized carbons (Fsp3) is 0.176. The van der Waals surface area contributed by atoms with Crippen LogP contribution in [-0.4, -0.2) is 30.8 Å². The monoisotopic (exact) mass is 421 g/mol. The highest BCUT2D eigenvalue weighted by molar-refractivity contribution is 7.99. The number of amides is 1. The number of anilines is 1. The molecule has 0 fully saturated rings. The molecule has 0 saturated heterocycles. The standard InChI is InChI=1S/C17H13F2N5O2S2/c1-2-23-15(26)14-12(5-6-27-14)24-16(23)21-22-17(24)28-8-13(25)20-11-7-9(18)3-4-10(11)19/h3-7H,2,8H2,1H3,(H,20,25). The predicted octanol–water partition coefficient (Wildman–Crippen LogP) is 3.13. The van der Waals surface area contributed by atoms with Crippen molar-refractivity contribution in [2.45, 2.75) is 18.6 Å². The number of carbonyl (C=O) groups excluding carboxylic acids is 1. The van der Waals surface area contributed by atoms with E-state index in [-0.39, 0.29) is 17.0 Å². The van der Waals surface area contributed by atoms with E-state index in [1.165, 1.54) is 15.9 Å². The van der Waals surface area contributed by atoms with Gasteiger partial charge in [0.1, 0.15) is 16.3 Å². The molecule has 0 bridgehead atoms. The summed E-state index contributed by atoms with van der Waals surface area (Å²) in [5, 5.41) is 12.7. The van der Waals surface area contributed by atoms with E-state index in [0.29, 0.717) is 27.7 Å². The number of halogens is 2. The van der Waals surface area contributed by atoms with Crippen LogP contribution < -0.4 is 10.9 Å². The maximum Gasteiger partial charge on any atom is 0.272 e. The highest BCUT2D eigenvalue weighted by Crippen LogP contribution is 2.24. The first-order valence-corrected chi connectivity index (χ1v) is 10.1. The normalized spacial score (nSPS) is 11.4. The first-order chi connectivity index (χ1) is 13.5. The van der Waals surface area contributed by atoms with Gasteiger partial charge in [0.15, 0.2) is 5.16 Å². The number of carbonyl (C=O) groups is 1. The van der Waals surface area contributed by atoms with Crippen LogP contribution in [-0.2, 0) is 11.3 Å². The number of hydrogen-bond donors (Lipinski definition) is 1. The lowest BCUT2D eigenvalue weighted by molar-refractivity contribution is -0.113. The molecule has 0 spiro atoms. The summed E-state index contributed by atoms with van der Waals surface area (Å²) in [7, 11) is 0. The summed E-state index contributed by atoms with van der Waals surface area (Å²) in [6, 6.07) is 4.63. The summed E-state index contributed by atoms with van der Waals surface area (Å²) in [4.78, 5) is 24.7. The molecule has 144 valence electrons. The number of aromatic nitrogens is 4. The van der Waals surface area contributed by atoms with Crippen LogP contribution in [0.3, 0.4) is 0 Å². The molecular formula is C17H13F2N5O2S2. The minimum absolute atomic E-state index is 0.0897. The van der Waals surface area contributed by atoms with Crippen molar-refractivity contribution in [2.75, 3.05) is 11.1 Å². The molecule has 3 aromatic heterocycles. The first kappa shape index (κ1) is 18.6. The third kappa shape index (κ3) is 3.16. The van der Waals surface area contributed by atoms with Gasteiger partial charge in [0, 0.05) is 12.6 Å². The van der Waals surface area contributed by atoms with E-state index in [0.717, 1.165) is 30.0 Å². The summed E-state index contributed by atoms with van der Waals surface area (Å²) in [5.74, 6) is -1.59. The number of thioether (sulfide) groups is 1. The van der Waals surface area contributed by atoms with Crippen molar-refractivity contribution in [3.8, 4) is 0 Å². The average Bonchev–Trinajstić information content (AvgIpc) is 3.30. The van der Waals surface area contributed by atoms with E-state index < -0.39 is 17.5 Å². The molecule has 0 aliphatic heterocycles. The average molecular weight is 421 g/mol. The van der Waals surface area contributed by atoms with Crippen LogP contribution in [0.15, 0.2) is 39.6 Å². The van der Waals surface area contributed by atoms with Gasteiger partial charge in [0.2, 0.25) is 11.7 Å². The van der Waals surface area contributed by atoms with E-state index in [4.69, 9.17) is 0 Å². The molecule has 11 heteroatoms. The highest BCUT2D eigenvalue weighted by Gasteiger charge is 2.18. The number of hydrogen-bond acceptors (Lipinski definition) is 6. The molecule has 0 aliphatic rings. The van der Waals surface area contributed by atoms with Gasteiger partial charge in [0.05, 0.1) is 17.0 Å². The van der Waals surface area contributed by atoms with Gasteiger partial charge in [0.25, 0.3) is 5.56 Å². The second-order valence-corrected chi connectivity index (χ2v) is 7.62. The minimum Gasteiger partial charge on any atom is -0.323 e. The second kappa shape index (κ2) is 7.32. The van der Waals surface area contributed by atoms with E-state index in [9.17, 15) is 18.4 Å². The molecule has 0 atom stereocenters. The fourth-order valence-electron chi connectivity index (χ4n) is 2.79. The number of thiophene rings is 1. The van der Waals surface area contributed by atoms with Crippen molar-refractivity contribution in [3.05, 3.63) is 51.6 Å². The molecular weight excluding hydrogens is 408 g/mol. The Bertz CT molecular complexity index is 1260. The van der Waals surface area contributed by atoms with Crippen molar-refractivity contribution in [1.29, 1.82) is 0 Å². The molecule has 0 radical (unpaired) electrons. The van der Waals surface area contributed by atoms with Crippen molar-refractivity contribution < 1.29 is 13.6 Å². The minimum atomic E-state index is -0.723. The molecule has 4 rings (SSSR count). The molecule has 7 nitrogen and oxygen atoms in total. The molecule has 0 unspecified atom stereocenters. The number of benzene rings is 1. The zero-order valence-electron chi connectivity index (χ0n) is 14.5. The molecule has 28 heavy (non-hydrogen) atoms. The Balaban J connectivity index is 1.62. The van der Waals surface area contributed by atoms with Gasteiger partial charge >= 0.3 is 0 Å². The van der Waals surface area contributed by atoms with Crippen LogP contribution in [0.2, 0.25) is 0 Å². The van der Waals surface area contributed by atoms with Gasteiger partial charge in [-0.1, -0.05) is 11.8 Å². The predicted molar refractivity (Wildman–Crippen MR) is 104 cm³/mol. The maximum absolute atomic E-state index is 13.7. The van der Waals surface area contributed by atoms with E-state index in [1.54, 1.807) is 15.8 Å². The summed E-state index contributed by atoms with van der Waals surface area (Å²) in [6.07, 6.45) is 0. The van der Waals surface area contributed by atoms with Crippen LogP contribution in [0.5, 0.6) is 0 Å². The van der Waals surface area contributed by atoms with Gasteiger partial charge in [-0.25, -0.2) is 8.78 Å². The Kier molecular flexibility index (Phi) is 4.85. The van der Waals surface area contributed by atoms with Crippen LogP contribution in [0.25, 0.3) is 16.0 Å². The summed E-state index contributed by atoms with van der Waals surface area (Å²) in [6.45, 7) is 2.27. The summed E-state index contributed by atoms with van der Waals surface area (Å²) in [5.41, 5.74) is 0.304. The quantitative estimate of drug-likeness (QED) is 0.501. The fourth-order valence-corrected chi connectivity index (χ4v) is 4.35. The lowest BCUT2D eigenvalue weighted by Crippen LogP contribution is -2.21. The number of nitrogens with one attached hydrogen (secondary N) is 1. The van der Waals surface area contributed by atoms with Gasteiger partial charge < -0.3 is 5.32 Å². The number of aryl methyl sites for hydroxylation is 1. The molecule has 0 aliphatic carbocycles. The van der Waals surface area contributed by atoms with Gasteiger partial charge in [-0.2, -0.15) is 0 Å². The molecule has 1 aromatic carbocycles. The second-order valence-electron chi connectivity index (χ2n) is 5.76. The van der Waals surface area contributed by atoms with Crippen molar-refractivity contribution in [1.82, 2.24) is 19.2 Å². The largest absolute Gasteiger partial charge is 0.323 e. The number of fused-ring (bicyclic) bond motifs is 3. The third-order valence-electron chi connectivity index (χ3n) is 4.03. The Morgan fingerprint density at radius 3 is 2.89 bits per heavy atom.